The van der Waals surface area contributed by atoms with E-state index < -0.39 is 5.97 Å². The van der Waals surface area contributed by atoms with Crippen molar-refractivity contribution in [3.05, 3.63) is 33.9 Å². The molecule has 0 aliphatic rings. The molecule has 1 aromatic carbocycles. The lowest BCUT2D eigenvalue weighted by Gasteiger charge is -2.10. The Morgan fingerprint density at radius 2 is 2.11 bits per heavy atom. The molecule has 6 heteroatoms. The van der Waals surface area contributed by atoms with Gasteiger partial charge in [0, 0.05) is 12.6 Å². The van der Waals surface area contributed by atoms with Gasteiger partial charge in [0.1, 0.15) is 5.75 Å². The second kappa shape index (κ2) is 5.05. The summed E-state index contributed by atoms with van der Waals surface area (Å²) in [7, 11) is 3.30. The van der Waals surface area contributed by atoms with E-state index in [-0.39, 0.29) is 5.69 Å². The molecule has 5 nitrogen and oxygen atoms in total. The van der Waals surface area contributed by atoms with Gasteiger partial charge in [-0.15, -0.1) is 0 Å². The van der Waals surface area contributed by atoms with E-state index in [4.69, 9.17) is 9.84 Å². The number of ether oxygens (including phenoxy) is 1. The minimum absolute atomic E-state index is 0.0184. The molecule has 2 rings (SSSR count). The molecule has 0 fully saturated rings. The Morgan fingerprint density at radius 1 is 1.42 bits per heavy atom. The second-order valence-corrected chi connectivity index (χ2v) is 4.97. The van der Waals surface area contributed by atoms with Crippen LogP contribution in [0.3, 0.4) is 0 Å². The Balaban J connectivity index is 2.65. The van der Waals surface area contributed by atoms with E-state index in [0.29, 0.717) is 11.4 Å². The van der Waals surface area contributed by atoms with Crippen molar-refractivity contribution in [1.29, 1.82) is 0 Å². The Labute approximate surface area is 118 Å². The summed E-state index contributed by atoms with van der Waals surface area (Å²) in [6.07, 6.45) is 0. The van der Waals surface area contributed by atoms with Crippen molar-refractivity contribution in [2.45, 2.75) is 6.92 Å². The smallest absolute Gasteiger partial charge is 0.356 e. The molecule has 1 heterocycles. The molecule has 0 atom stereocenters. The topological polar surface area (TPSA) is 64.3 Å². The number of carboxylic acid groups (broad SMARTS) is 1. The summed E-state index contributed by atoms with van der Waals surface area (Å²) in [5.41, 5.74) is 2.60. The van der Waals surface area contributed by atoms with Crippen LogP contribution in [0.25, 0.3) is 11.3 Å². The lowest BCUT2D eigenvalue weighted by molar-refractivity contribution is 0.0689. The van der Waals surface area contributed by atoms with Crippen LogP contribution < -0.4 is 4.74 Å². The van der Waals surface area contributed by atoms with Crippen LogP contribution in [-0.4, -0.2) is 28.0 Å². The molecule has 0 bridgehead atoms. The first-order valence-corrected chi connectivity index (χ1v) is 6.35. The SMILES string of the molecule is COc1cc(C)cc(-c2cc(C(=O)O)nn2C)c1Br. The molecule has 1 N–H and O–H groups in total. The van der Waals surface area contributed by atoms with Gasteiger partial charge in [-0.05, 0) is 46.6 Å². The van der Waals surface area contributed by atoms with E-state index >= 15 is 0 Å². The van der Waals surface area contributed by atoms with Crippen LogP contribution in [-0.2, 0) is 7.05 Å². The molecule has 0 radical (unpaired) electrons. The maximum Gasteiger partial charge on any atom is 0.356 e. The predicted molar refractivity (Wildman–Crippen MR) is 74.6 cm³/mol. The van der Waals surface area contributed by atoms with Crippen LogP contribution in [0, 0.1) is 6.92 Å². The molecule has 0 aliphatic heterocycles. The first-order valence-electron chi connectivity index (χ1n) is 5.56. The molecule has 0 saturated carbocycles. The molecule has 0 aliphatic carbocycles. The van der Waals surface area contributed by atoms with Crippen molar-refractivity contribution in [2.75, 3.05) is 7.11 Å². The summed E-state index contributed by atoms with van der Waals surface area (Å²) < 4.78 is 7.61. The first kappa shape index (κ1) is 13.6. The van der Waals surface area contributed by atoms with E-state index in [1.807, 2.05) is 19.1 Å². The van der Waals surface area contributed by atoms with Gasteiger partial charge in [-0.3, -0.25) is 4.68 Å². The highest BCUT2D eigenvalue weighted by molar-refractivity contribution is 9.10. The number of halogens is 1. The van der Waals surface area contributed by atoms with Crippen molar-refractivity contribution >= 4 is 21.9 Å². The molecular weight excluding hydrogens is 312 g/mol. The Morgan fingerprint density at radius 3 is 2.63 bits per heavy atom. The molecule has 1 aromatic heterocycles. The molecule has 0 unspecified atom stereocenters. The number of carbonyl (C=O) groups is 1. The van der Waals surface area contributed by atoms with Crippen LogP contribution in [0.1, 0.15) is 16.1 Å². The van der Waals surface area contributed by atoms with Gasteiger partial charge in [0.15, 0.2) is 5.69 Å². The highest BCUT2D eigenvalue weighted by atomic mass is 79.9. The maximum absolute atomic E-state index is 11.0. The summed E-state index contributed by atoms with van der Waals surface area (Å²) >= 11 is 3.48. The average molecular weight is 325 g/mol. The fourth-order valence-electron chi connectivity index (χ4n) is 1.89. The largest absolute Gasteiger partial charge is 0.496 e. The van der Waals surface area contributed by atoms with E-state index in [1.165, 1.54) is 0 Å². The number of benzene rings is 1. The van der Waals surface area contributed by atoms with Crippen molar-refractivity contribution in [3.8, 4) is 17.0 Å². The lowest BCUT2D eigenvalue weighted by Crippen LogP contribution is -1.99. The van der Waals surface area contributed by atoms with E-state index in [2.05, 4.69) is 21.0 Å². The number of carboxylic acids is 1. The quantitative estimate of drug-likeness (QED) is 0.942. The van der Waals surface area contributed by atoms with Crippen LogP contribution in [0.15, 0.2) is 22.7 Å². The zero-order valence-corrected chi connectivity index (χ0v) is 12.4. The number of hydrogen-bond donors (Lipinski definition) is 1. The Bertz CT molecular complexity index is 650. The highest BCUT2D eigenvalue weighted by Crippen LogP contribution is 2.36. The van der Waals surface area contributed by atoms with Crippen LogP contribution in [0.4, 0.5) is 0 Å². The molecule has 0 spiro atoms. The molecule has 2 aromatic rings. The van der Waals surface area contributed by atoms with Gasteiger partial charge in [0.2, 0.25) is 0 Å². The van der Waals surface area contributed by atoms with E-state index in [1.54, 1.807) is 24.9 Å². The lowest BCUT2D eigenvalue weighted by atomic mass is 10.1. The standard InChI is InChI=1S/C13H13BrN2O3/c1-7-4-8(12(14)11(5-7)19-3)10-6-9(13(17)18)15-16(10)2/h4-6H,1-3H3,(H,17,18). The van der Waals surface area contributed by atoms with Gasteiger partial charge in [0.05, 0.1) is 17.3 Å². The number of aryl methyl sites for hydroxylation is 2. The van der Waals surface area contributed by atoms with E-state index in [0.717, 1.165) is 15.6 Å². The van der Waals surface area contributed by atoms with Crippen LogP contribution in [0.5, 0.6) is 5.75 Å². The van der Waals surface area contributed by atoms with E-state index in [9.17, 15) is 4.79 Å². The fraction of sp³-hybridized carbons (Fsp3) is 0.231. The molecule has 19 heavy (non-hydrogen) atoms. The van der Waals surface area contributed by atoms with Crippen molar-refractivity contribution in [3.63, 3.8) is 0 Å². The third-order valence-electron chi connectivity index (χ3n) is 2.78. The number of aromatic carboxylic acids is 1. The monoisotopic (exact) mass is 324 g/mol. The summed E-state index contributed by atoms with van der Waals surface area (Å²) in [5, 5.41) is 13.0. The zero-order valence-electron chi connectivity index (χ0n) is 10.8. The molecule has 0 amide bonds. The predicted octanol–water partition coefficient (Wildman–Crippen LogP) is 2.86. The van der Waals surface area contributed by atoms with Crippen molar-refractivity contribution in [1.82, 2.24) is 9.78 Å². The highest BCUT2D eigenvalue weighted by Gasteiger charge is 2.17. The fourth-order valence-corrected chi connectivity index (χ4v) is 2.49. The third-order valence-corrected chi connectivity index (χ3v) is 3.60. The second-order valence-electron chi connectivity index (χ2n) is 4.17. The molecule has 0 saturated heterocycles. The maximum atomic E-state index is 11.0. The van der Waals surface area contributed by atoms with Crippen LogP contribution in [0.2, 0.25) is 0 Å². The normalized spacial score (nSPS) is 10.5. The van der Waals surface area contributed by atoms with Gasteiger partial charge in [-0.25, -0.2) is 4.79 Å². The summed E-state index contributed by atoms with van der Waals surface area (Å²) in [6.45, 7) is 1.95. The number of aromatic nitrogens is 2. The Kier molecular flexibility index (Phi) is 3.61. The molecular formula is C13H13BrN2O3. The van der Waals surface area contributed by atoms with Gasteiger partial charge in [-0.2, -0.15) is 5.10 Å². The Hall–Kier alpha value is -1.82. The number of methoxy groups -OCH3 is 1. The summed E-state index contributed by atoms with van der Waals surface area (Å²) in [4.78, 5) is 11.0. The first-order chi connectivity index (χ1) is 8.93. The summed E-state index contributed by atoms with van der Waals surface area (Å²) in [5.74, 6) is -0.342. The number of hydrogen-bond acceptors (Lipinski definition) is 3. The van der Waals surface area contributed by atoms with Gasteiger partial charge in [0.25, 0.3) is 0 Å². The third kappa shape index (κ3) is 2.49. The van der Waals surface area contributed by atoms with Gasteiger partial charge >= 0.3 is 5.97 Å². The van der Waals surface area contributed by atoms with Crippen LogP contribution >= 0.6 is 15.9 Å². The number of nitrogens with zero attached hydrogens (tertiary/aromatic N) is 2. The van der Waals surface area contributed by atoms with Gasteiger partial charge < -0.3 is 9.84 Å². The minimum atomic E-state index is -1.04. The minimum Gasteiger partial charge on any atom is -0.496 e. The van der Waals surface area contributed by atoms with Gasteiger partial charge in [-0.1, -0.05) is 0 Å². The molecule has 100 valence electrons. The average Bonchev–Trinajstić information content (AvgIpc) is 2.74. The van der Waals surface area contributed by atoms with Crippen molar-refractivity contribution < 1.29 is 14.6 Å². The number of rotatable bonds is 3. The summed E-state index contributed by atoms with van der Waals surface area (Å²) in [6, 6.07) is 5.40. The van der Waals surface area contributed by atoms with Crippen molar-refractivity contribution in [2.24, 2.45) is 7.05 Å². The zero-order chi connectivity index (χ0) is 14.2.